The van der Waals surface area contributed by atoms with Crippen molar-refractivity contribution in [2.45, 2.75) is 65.2 Å². The topological polar surface area (TPSA) is 96.0 Å². The summed E-state index contributed by atoms with van der Waals surface area (Å²) < 4.78 is 21.4. The molecule has 46 heavy (non-hydrogen) atoms. The molecule has 4 heterocycles. The van der Waals surface area contributed by atoms with Gasteiger partial charge in [0.25, 0.3) is 0 Å². The fourth-order valence-corrected chi connectivity index (χ4v) is 5.83. The molecule has 10 nitrogen and oxygen atoms in total. The van der Waals surface area contributed by atoms with Gasteiger partial charge in [0.05, 0.1) is 42.9 Å². The number of esters is 1. The van der Waals surface area contributed by atoms with Crippen molar-refractivity contribution in [2.75, 3.05) is 38.3 Å². The number of rotatable bonds is 14. The Balaban J connectivity index is 1.59. The molecule has 5 rings (SSSR count). The maximum Gasteiger partial charge on any atom is 0.339 e. The van der Waals surface area contributed by atoms with E-state index in [1.165, 1.54) is 7.11 Å². The van der Waals surface area contributed by atoms with Crippen LogP contribution < -0.4 is 4.90 Å². The first kappa shape index (κ1) is 33.1. The number of allylic oxidation sites excluding steroid dienone is 1. The van der Waals surface area contributed by atoms with Gasteiger partial charge < -0.3 is 19.1 Å². The normalized spacial score (nSPS) is 15.3. The quantitative estimate of drug-likeness (QED) is 0.114. The molecule has 1 unspecified atom stereocenters. The number of carbonyl (C=O) groups excluding carboxylic acids is 1. The van der Waals surface area contributed by atoms with Crippen molar-refractivity contribution >= 4 is 17.4 Å². The Labute approximate surface area is 271 Å². The number of fused-ring (bicyclic) bond motifs is 1. The summed E-state index contributed by atoms with van der Waals surface area (Å²) in [6, 6.07) is 12.2. The molecule has 1 fully saturated rings. The molecule has 0 aliphatic carbocycles. The average Bonchev–Trinajstić information content (AvgIpc) is 3.71. The minimum atomic E-state index is -0.947. The summed E-state index contributed by atoms with van der Waals surface area (Å²) in [7, 11) is 1.39. The Morgan fingerprint density at radius 3 is 2.48 bits per heavy atom. The van der Waals surface area contributed by atoms with Gasteiger partial charge >= 0.3 is 5.97 Å². The molecule has 1 aliphatic heterocycles. The van der Waals surface area contributed by atoms with Crippen LogP contribution in [0.25, 0.3) is 28.2 Å². The highest BCUT2D eigenvalue weighted by Crippen LogP contribution is 2.37. The van der Waals surface area contributed by atoms with Crippen LogP contribution in [-0.2, 0) is 25.5 Å². The van der Waals surface area contributed by atoms with E-state index in [1.54, 1.807) is 6.08 Å². The van der Waals surface area contributed by atoms with E-state index in [9.17, 15) is 4.79 Å². The van der Waals surface area contributed by atoms with Gasteiger partial charge in [-0.25, -0.2) is 9.78 Å². The highest BCUT2D eigenvalue weighted by Gasteiger charge is 2.37. The molecular formula is C36H46N6O4. The minimum Gasteiger partial charge on any atom is -0.467 e. The van der Waals surface area contributed by atoms with Gasteiger partial charge in [-0.15, -0.1) is 13.2 Å². The molecule has 0 bridgehead atoms. The summed E-state index contributed by atoms with van der Waals surface area (Å²) in [6.45, 7) is 18.9. The van der Waals surface area contributed by atoms with Crippen LogP contribution in [0.15, 0.2) is 67.9 Å². The molecule has 1 saturated heterocycles. The van der Waals surface area contributed by atoms with Crippen molar-refractivity contribution in [3.8, 4) is 22.5 Å². The number of piperidine rings is 1. The van der Waals surface area contributed by atoms with Crippen LogP contribution in [0.4, 0.5) is 5.82 Å². The molecule has 0 spiro atoms. The predicted octanol–water partition coefficient (Wildman–Crippen LogP) is 6.59. The first-order valence-corrected chi connectivity index (χ1v) is 16.0. The zero-order chi connectivity index (χ0) is 32.8. The summed E-state index contributed by atoms with van der Waals surface area (Å²) in [4.78, 5) is 20.5. The highest BCUT2D eigenvalue weighted by molar-refractivity contribution is 5.80. The summed E-state index contributed by atoms with van der Waals surface area (Å²) in [5.41, 5.74) is 5.40. The molecule has 0 radical (unpaired) electrons. The standard InChI is InChI=1S/C36H46N6O4/c1-8-10-17-41-18-14-29(38-41)27-12-11-13-28(22-27)30-23-31-37-26(5)32(33(35(43)44-7)45-24-25(3)4)34(42(31)39-30)40-19-15-36(6,16-20-40)46-21-9-2/h8-9,11-14,18,22-23,25,33H,1-2,10,15-17,19-21,24H2,3-7H3. The van der Waals surface area contributed by atoms with E-state index in [2.05, 4.69) is 51.0 Å². The van der Waals surface area contributed by atoms with Crippen LogP contribution >= 0.6 is 0 Å². The van der Waals surface area contributed by atoms with Gasteiger partial charge in [0, 0.05) is 48.7 Å². The van der Waals surface area contributed by atoms with Gasteiger partial charge in [-0.05, 0) is 51.2 Å². The second-order valence-corrected chi connectivity index (χ2v) is 12.5. The van der Waals surface area contributed by atoms with Crippen molar-refractivity contribution in [3.05, 3.63) is 79.2 Å². The van der Waals surface area contributed by atoms with Gasteiger partial charge in [-0.3, -0.25) is 4.68 Å². The highest BCUT2D eigenvalue weighted by atomic mass is 16.6. The first-order valence-electron chi connectivity index (χ1n) is 16.0. The lowest BCUT2D eigenvalue weighted by molar-refractivity contribution is -0.155. The van der Waals surface area contributed by atoms with Crippen LogP contribution in [0.5, 0.6) is 0 Å². The lowest BCUT2D eigenvalue weighted by atomic mass is 9.92. The lowest BCUT2D eigenvalue weighted by Gasteiger charge is -2.41. The summed E-state index contributed by atoms with van der Waals surface area (Å²) in [5.74, 6) is 0.549. The number of aryl methyl sites for hydroxylation is 2. The van der Waals surface area contributed by atoms with Crippen molar-refractivity contribution in [3.63, 3.8) is 0 Å². The third kappa shape index (κ3) is 7.24. The Hall–Kier alpha value is -4.28. The number of benzene rings is 1. The zero-order valence-corrected chi connectivity index (χ0v) is 27.7. The molecule has 1 atom stereocenters. The van der Waals surface area contributed by atoms with E-state index in [0.29, 0.717) is 43.2 Å². The van der Waals surface area contributed by atoms with E-state index in [0.717, 1.165) is 54.1 Å². The van der Waals surface area contributed by atoms with Gasteiger partial charge in [-0.1, -0.05) is 44.2 Å². The predicted molar refractivity (Wildman–Crippen MR) is 181 cm³/mol. The number of methoxy groups -OCH3 is 1. The van der Waals surface area contributed by atoms with Crippen molar-refractivity contribution in [1.82, 2.24) is 24.4 Å². The third-order valence-electron chi connectivity index (χ3n) is 8.41. The molecule has 4 aromatic rings. The fraction of sp³-hybridized carbons (Fsp3) is 0.444. The SMILES string of the molecule is C=CCCn1ccc(-c2cccc(-c3cc4nc(C)c(C(OCC(C)C)C(=O)OC)c(N5CCC(C)(OCC=C)CC5)n4n3)c2)n1. The van der Waals surface area contributed by atoms with E-state index in [1.807, 2.05) is 52.7 Å². The van der Waals surface area contributed by atoms with Crippen LogP contribution in [0, 0.1) is 12.8 Å². The molecule has 0 amide bonds. The summed E-state index contributed by atoms with van der Waals surface area (Å²) in [6.07, 6.45) is 7.18. The van der Waals surface area contributed by atoms with Crippen LogP contribution in [0.2, 0.25) is 0 Å². The van der Waals surface area contributed by atoms with E-state index < -0.39 is 12.1 Å². The molecule has 10 heteroatoms. The zero-order valence-electron chi connectivity index (χ0n) is 27.7. The molecular weight excluding hydrogens is 580 g/mol. The Morgan fingerprint density at radius 2 is 1.80 bits per heavy atom. The molecule has 0 N–H and O–H groups in total. The number of hydrogen-bond donors (Lipinski definition) is 0. The Morgan fingerprint density at radius 1 is 1.07 bits per heavy atom. The van der Waals surface area contributed by atoms with E-state index in [-0.39, 0.29) is 11.5 Å². The largest absolute Gasteiger partial charge is 0.467 e. The fourth-order valence-electron chi connectivity index (χ4n) is 5.83. The lowest BCUT2D eigenvalue weighted by Crippen LogP contribution is -2.45. The number of carbonyl (C=O) groups is 1. The second-order valence-electron chi connectivity index (χ2n) is 12.5. The number of anilines is 1. The van der Waals surface area contributed by atoms with E-state index in [4.69, 9.17) is 29.4 Å². The van der Waals surface area contributed by atoms with Crippen LogP contribution in [-0.4, -0.2) is 69.4 Å². The smallest absolute Gasteiger partial charge is 0.339 e. The van der Waals surface area contributed by atoms with Crippen LogP contribution in [0.3, 0.4) is 0 Å². The Bertz CT molecular complexity index is 1680. The molecule has 1 aromatic carbocycles. The molecule has 1 aliphatic rings. The molecule has 244 valence electrons. The number of ether oxygens (including phenoxy) is 3. The molecule has 3 aromatic heterocycles. The van der Waals surface area contributed by atoms with Gasteiger partial charge in [0.2, 0.25) is 0 Å². The number of nitrogens with zero attached hydrogens (tertiary/aromatic N) is 6. The maximum atomic E-state index is 13.3. The Kier molecular flexibility index (Phi) is 10.4. The average molecular weight is 627 g/mol. The van der Waals surface area contributed by atoms with Gasteiger partial charge in [-0.2, -0.15) is 14.7 Å². The minimum absolute atomic E-state index is 0.224. The third-order valence-corrected chi connectivity index (χ3v) is 8.41. The van der Waals surface area contributed by atoms with Crippen molar-refractivity contribution < 1.29 is 19.0 Å². The maximum absolute atomic E-state index is 13.3. The molecule has 0 saturated carbocycles. The monoisotopic (exact) mass is 626 g/mol. The van der Waals surface area contributed by atoms with Gasteiger partial charge in [0.15, 0.2) is 11.8 Å². The number of aromatic nitrogens is 5. The second kappa shape index (κ2) is 14.4. The van der Waals surface area contributed by atoms with Crippen molar-refractivity contribution in [2.24, 2.45) is 5.92 Å². The van der Waals surface area contributed by atoms with Crippen molar-refractivity contribution in [1.29, 1.82) is 0 Å². The van der Waals surface area contributed by atoms with Crippen LogP contribution in [0.1, 0.15) is 57.4 Å². The summed E-state index contributed by atoms with van der Waals surface area (Å²) >= 11 is 0. The van der Waals surface area contributed by atoms with E-state index >= 15 is 0 Å². The first-order chi connectivity index (χ1) is 22.2. The number of hydrogen-bond acceptors (Lipinski definition) is 8. The van der Waals surface area contributed by atoms with Gasteiger partial charge in [0.1, 0.15) is 5.82 Å². The summed E-state index contributed by atoms with van der Waals surface area (Å²) in [5, 5.41) is 9.86.